The molecule has 0 bridgehead atoms. The molecule has 0 aromatic heterocycles. The van der Waals surface area contributed by atoms with Gasteiger partial charge in [0.25, 0.3) is 0 Å². The van der Waals surface area contributed by atoms with Crippen molar-refractivity contribution in [3.63, 3.8) is 0 Å². The van der Waals surface area contributed by atoms with Crippen LogP contribution in [0.5, 0.6) is 5.75 Å². The van der Waals surface area contributed by atoms with Crippen molar-refractivity contribution in [3.05, 3.63) is 35.9 Å². The fraction of sp³-hybridized carbons (Fsp3) is 0.0909. The van der Waals surface area contributed by atoms with E-state index in [4.69, 9.17) is 9.84 Å². The topological polar surface area (TPSA) is 72.8 Å². The average molecular weight is 222 g/mol. The molecule has 1 aromatic rings. The summed E-state index contributed by atoms with van der Waals surface area (Å²) >= 11 is 0. The quantitative estimate of drug-likeness (QED) is 0.480. The van der Waals surface area contributed by atoms with E-state index in [-0.39, 0.29) is 0 Å². The Hall–Kier alpha value is -2.30. The Kier molecular flexibility index (Phi) is 4.08. The molecule has 0 saturated heterocycles. The van der Waals surface area contributed by atoms with Crippen LogP contribution < -0.4 is 4.74 Å². The number of aliphatic carboxylic acids is 1. The van der Waals surface area contributed by atoms with Gasteiger partial charge in [0.05, 0.1) is 7.11 Å². The van der Waals surface area contributed by atoms with Crippen LogP contribution >= 0.6 is 0 Å². The summed E-state index contributed by atoms with van der Waals surface area (Å²) in [7, 11) is 1.21. The Bertz CT molecular complexity index is 405. The lowest BCUT2D eigenvalue weighted by Crippen LogP contribution is -2.06. The van der Waals surface area contributed by atoms with Gasteiger partial charge in [0.2, 0.25) is 0 Å². The van der Waals surface area contributed by atoms with Gasteiger partial charge in [-0.1, -0.05) is 12.1 Å². The van der Waals surface area contributed by atoms with Crippen molar-refractivity contribution in [1.82, 2.24) is 0 Å². The fourth-order valence-corrected chi connectivity index (χ4v) is 0.952. The summed E-state index contributed by atoms with van der Waals surface area (Å²) in [5.41, 5.74) is 0.694. The van der Waals surface area contributed by atoms with E-state index in [9.17, 15) is 9.59 Å². The fourth-order valence-electron chi connectivity index (χ4n) is 0.952. The molecule has 0 spiro atoms. The zero-order valence-electron chi connectivity index (χ0n) is 8.54. The summed E-state index contributed by atoms with van der Waals surface area (Å²) < 4.78 is 9.05. The summed E-state index contributed by atoms with van der Waals surface area (Å²) in [4.78, 5) is 21.0. The highest BCUT2D eigenvalue weighted by molar-refractivity contribution is 5.85. The number of carbonyl (C=O) groups is 2. The summed E-state index contributed by atoms with van der Waals surface area (Å²) in [6.45, 7) is 0. The zero-order valence-corrected chi connectivity index (χ0v) is 8.54. The molecular weight excluding hydrogens is 212 g/mol. The van der Waals surface area contributed by atoms with Crippen LogP contribution in [0.25, 0.3) is 6.08 Å². The SMILES string of the molecule is COC(=O)Oc1ccc(C=CC(=O)O)cc1. The number of carboxylic acid groups (broad SMARTS) is 1. The van der Waals surface area contributed by atoms with E-state index in [2.05, 4.69) is 4.74 Å². The number of methoxy groups -OCH3 is 1. The lowest BCUT2D eigenvalue weighted by molar-refractivity contribution is -0.131. The summed E-state index contributed by atoms with van der Waals surface area (Å²) in [6, 6.07) is 6.33. The molecule has 0 fully saturated rings. The predicted molar refractivity (Wildman–Crippen MR) is 56.1 cm³/mol. The average Bonchev–Trinajstić information content (AvgIpc) is 2.28. The second-order valence-corrected chi connectivity index (χ2v) is 2.80. The Morgan fingerprint density at radius 1 is 1.25 bits per heavy atom. The molecule has 1 aromatic carbocycles. The highest BCUT2D eigenvalue weighted by Crippen LogP contribution is 2.13. The highest BCUT2D eigenvalue weighted by Gasteiger charge is 2.02. The molecule has 16 heavy (non-hydrogen) atoms. The molecule has 1 rings (SSSR count). The molecule has 0 aliphatic heterocycles. The molecule has 0 radical (unpaired) electrons. The first-order valence-electron chi connectivity index (χ1n) is 4.38. The lowest BCUT2D eigenvalue weighted by Gasteiger charge is -2.01. The van der Waals surface area contributed by atoms with Crippen molar-refractivity contribution >= 4 is 18.2 Å². The van der Waals surface area contributed by atoms with E-state index in [1.165, 1.54) is 13.2 Å². The molecule has 0 aliphatic rings. The van der Waals surface area contributed by atoms with E-state index in [0.717, 1.165) is 6.08 Å². The predicted octanol–water partition coefficient (Wildman–Crippen LogP) is 1.93. The third-order valence-electron chi connectivity index (χ3n) is 1.67. The monoisotopic (exact) mass is 222 g/mol. The molecule has 0 saturated carbocycles. The zero-order chi connectivity index (χ0) is 12.0. The van der Waals surface area contributed by atoms with Gasteiger partial charge in [-0.15, -0.1) is 0 Å². The molecule has 0 amide bonds. The molecule has 5 nitrogen and oxygen atoms in total. The van der Waals surface area contributed by atoms with Crippen LogP contribution in [-0.2, 0) is 9.53 Å². The Labute approximate surface area is 91.9 Å². The van der Waals surface area contributed by atoms with Crippen LogP contribution in [0.15, 0.2) is 30.3 Å². The third kappa shape index (κ3) is 3.83. The molecule has 0 aliphatic carbocycles. The summed E-state index contributed by atoms with van der Waals surface area (Å²) in [5.74, 6) is -0.686. The lowest BCUT2D eigenvalue weighted by atomic mass is 10.2. The van der Waals surface area contributed by atoms with Gasteiger partial charge in [-0.05, 0) is 23.8 Å². The van der Waals surface area contributed by atoms with Gasteiger partial charge in [0.15, 0.2) is 0 Å². The standard InChI is InChI=1S/C11H10O5/c1-15-11(14)16-9-5-2-8(3-6-9)4-7-10(12)13/h2-7H,1H3,(H,12,13). The summed E-state index contributed by atoms with van der Waals surface area (Å²) in [6.07, 6.45) is 1.66. The van der Waals surface area contributed by atoms with Gasteiger partial charge in [-0.2, -0.15) is 0 Å². The normalized spacial score (nSPS) is 10.1. The smallest absolute Gasteiger partial charge is 0.478 e. The van der Waals surface area contributed by atoms with E-state index in [1.807, 2.05) is 0 Å². The van der Waals surface area contributed by atoms with Crippen molar-refractivity contribution in [3.8, 4) is 5.75 Å². The first kappa shape index (κ1) is 11.8. The Morgan fingerprint density at radius 3 is 2.38 bits per heavy atom. The number of benzene rings is 1. The van der Waals surface area contributed by atoms with Gasteiger partial charge in [-0.25, -0.2) is 9.59 Å². The number of hydrogen-bond acceptors (Lipinski definition) is 4. The maximum atomic E-state index is 10.7. The van der Waals surface area contributed by atoms with Crippen molar-refractivity contribution in [2.75, 3.05) is 7.11 Å². The number of carboxylic acids is 1. The van der Waals surface area contributed by atoms with E-state index in [1.54, 1.807) is 24.3 Å². The van der Waals surface area contributed by atoms with E-state index >= 15 is 0 Å². The Morgan fingerprint density at radius 2 is 1.88 bits per heavy atom. The molecular formula is C11H10O5. The minimum atomic E-state index is -1.02. The first-order chi connectivity index (χ1) is 7.61. The molecule has 0 unspecified atom stereocenters. The van der Waals surface area contributed by atoms with Crippen LogP contribution in [0, 0.1) is 0 Å². The minimum absolute atomic E-state index is 0.333. The van der Waals surface area contributed by atoms with Crippen molar-refractivity contribution < 1.29 is 24.2 Å². The van der Waals surface area contributed by atoms with Gasteiger partial charge in [0.1, 0.15) is 5.75 Å². The molecule has 84 valence electrons. The Balaban J connectivity index is 2.68. The van der Waals surface area contributed by atoms with Crippen LogP contribution in [0.2, 0.25) is 0 Å². The van der Waals surface area contributed by atoms with Crippen LogP contribution in [0.1, 0.15) is 5.56 Å². The van der Waals surface area contributed by atoms with Crippen molar-refractivity contribution in [2.24, 2.45) is 0 Å². The van der Waals surface area contributed by atoms with Gasteiger partial charge in [-0.3, -0.25) is 0 Å². The molecule has 1 N–H and O–H groups in total. The highest BCUT2D eigenvalue weighted by atomic mass is 16.7. The molecule has 0 atom stereocenters. The largest absolute Gasteiger partial charge is 0.513 e. The molecule has 0 heterocycles. The van der Waals surface area contributed by atoms with Crippen LogP contribution in [0.3, 0.4) is 0 Å². The molecule has 5 heteroatoms. The first-order valence-corrected chi connectivity index (χ1v) is 4.38. The maximum absolute atomic E-state index is 10.7. The third-order valence-corrected chi connectivity index (χ3v) is 1.67. The number of hydrogen-bond donors (Lipinski definition) is 1. The van der Waals surface area contributed by atoms with Crippen molar-refractivity contribution in [1.29, 1.82) is 0 Å². The number of ether oxygens (including phenoxy) is 2. The second kappa shape index (κ2) is 5.55. The summed E-state index contributed by atoms with van der Waals surface area (Å²) in [5, 5.41) is 8.41. The minimum Gasteiger partial charge on any atom is -0.478 e. The van der Waals surface area contributed by atoms with E-state index in [0.29, 0.717) is 11.3 Å². The van der Waals surface area contributed by atoms with Gasteiger partial charge in [0, 0.05) is 6.08 Å². The van der Waals surface area contributed by atoms with Crippen molar-refractivity contribution in [2.45, 2.75) is 0 Å². The number of rotatable bonds is 3. The van der Waals surface area contributed by atoms with E-state index < -0.39 is 12.1 Å². The van der Waals surface area contributed by atoms with Gasteiger partial charge < -0.3 is 14.6 Å². The number of carbonyl (C=O) groups excluding carboxylic acids is 1. The maximum Gasteiger partial charge on any atom is 0.513 e. The van der Waals surface area contributed by atoms with Crippen LogP contribution in [-0.4, -0.2) is 24.3 Å². The van der Waals surface area contributed by atoms with Gasteiger partial charge >= 0.3 is 12.1 Å². The second-order valence-electron chi connectivity index (χ2n) is 2.80. The van der Waals surface area contributed by atoms with Crippen LogP contribution in [0.4, 0.5) is 4.79 Å².